The lowest BCUT2D eigenvalue weighted by atomic mass is 10.1. The summed E-state index contributed by atoms with van der Waals surface area (Å²) >= 11 is 0. The van der Waals surface area contributed by atoms with Gasteiger partial charge in [-0.3, -0.25) is 0 Å². The van der Waals surface area contributed by atoms with Gasteiger partial charge in [-0.25, -0.2) is 8.42 Å². The third-order valence-corrected chi connectivity index (χ3v) is 5.20. The van der Waals surface area contributed by atoms with Gasteiger partial charge in [0.05, 0.1) is 11.4 Å². The molecule has 20 heavy (non-hydrogen) atoms. The zero-order chi connectivity index (χ0) is 15.3. The molecule has 110 valence electrons. The van der Waals surface area contributed by atoms with E-state index in [1.54, 1.807) is 13.0 Å². The van der Waals surface area contributed by atoms with Crippen LogP contribution in [0.1, 0.15) is 30.0 Å². The molecule has 0 aliphatic carbocycles. The van der Waals surface area contributed by atoms with Crippen molar-refractivity contribution >= 4 is 10.0 Å². The van der Waals surface area contributed by atoms with E-state index in [0.29, 0.717) is 18.0 Å². The van der Waals surface area contributed by atoms with E-state index < -0.39 is 10.0 Å². The largest absolute Gasteiger partial charge is 0.326 e. The summed E-state index contributed by atoms with van der Waals surface area (Å²) in [5.74, 6) is 2.41. The number of rotatable bonds is 6. The molecule has 0 bridgehead atoms. The Morgan fingerprint density at radius 1 is 1.30 bits per heavy atom. The minimum absolute atomic E-state index is 0.0848. The van der Waals surface area contributed by atoms with Gasteiger partial charge in [0.1, 0.15) is 0 Å². The second-order valence-corrected chi connectivity index (χ2v) is 6.70. The molecule has 0 saturated heterocycles. The molecular weight excluding hydrogens is 272 g/mol. The normalized spacial score (nSPS) is 11.6. The van der Waals surface area contributed by atoms with E-state index >= 15 is 0 Å². The van der Waals surface area contributed by atoms with Gasteiger partial charge in [0.15, 0.2) is 0 Å². The predicted octanol–water partition coefficient (Wildman–Crippen LogP) is 1.80. The van der Waals surface area contributed by atoms with Crippen LogP contribution in [0.15, 0.2) is 17.0 Å². The summed E-state index contributed by atoms with van der Waals surface area (Å²) in [4.78, 5) is 0.298. The lowest BCUT2D eigenvalue weighted by Crippen LogP contribution is -2.32. The number of hydrogen-bond donors (Lipinski definition) is 1. The highest BCUT2D eigenvalue weighted by Gasteiger charge is 2.25. The molecule has 0 saturated carbocycles. The fourth-order valence-electron chi connectivity index (χ4n) is 2.15. The molecule has 0 aliphatic rings. The van der Waals surface area contributed by atoms with E-state index in [9.17, 15) is 8.42 Å². The number of terminal acetylenes is 1. The molecule has 0 unspecified atom stereocenters. The lowest BCUT2D eigenvalue weighted by Gasteiger charge is -2.21. The first-order chi connectivity index (χ1) is 9.38. The second kappa shape index (κ2) is 6.89. The zero-order valence-corrected chi connectivity index (χ0v) is 13.1. The van der Waals surface area contributed by atoms with Gasteiger partial charge in [0.2, 0.25) is 10.0 Å². The maximum Gasteiger partial charge on any atom is 0.244 e. The molecule has 4 nitrogen and oxygen atoms in total. The highest BCUT2D eigenvalue weighted by atomic mass is 32.2. The van der Waals surface area contributed by atoms with E-state index in [2.05, 4.69) is 5.92 Å². The van der Waals surface area contributed by atoms with Crippen LogP contribution in [-0.4, -0.2) is 25.8 Å². The average Bonchev–Trinajstić information content (AvgIpc) is 2.38. The van der Waals surface area contributed by atoms with Crippen molar-refractivity contribution in [2.45, 2.75) is 38.6 Å². The maximum absolute atomic E-state index is 12.7. The van der Waals surface area contributed by atoms with Gasteiger partial charge in [-0.15, -0.1) is 6.42 Å². The average molecular weight is 294 g/mol. The Balaban J connectivity index is 3.37. The van der Waals surface area contributed by atoms with E-state index in [0.717, 1.165) is 23.1 Å². The van der Waals surface area contributed by atoms with Gasteiger partial charge in [0.25, 0.3) is 0 Å². The predicted molar refractivity (Wildman–Crippen MR) is 81.7 cm³/mol. The molecule has 0 spiro atoms. The Morgan fingerprint density at radius 3 is 2.45 bits per heavy atom. The first kappa shape index (κ1) is 16.7. The minimum atomic E-state index is -3.57. The quantitative estimate of drug-likeness (QED) is 0.814. The number of benzene rings is 1. The Bertz CT molecular complexity index is 615. The summed E-state index contributed by atoms with van der Waals surface area (Å²) in [5.41, 5.74) is 8.23. The lowest BCUT2D eigenvalue weighted by molar-refractivity contribution is 0.445. The summed E-state index contributed by atoms with van der Waals surface area (Å²) in [5, 5.41) is 0. The number of aryl methyl sites for hydroxylation is 2. The molecule has 2 N–H and O–H groups in total. The van der Waals surface area contributed by atoms with Crippen LogP contribution in [0.4, 0.5) is 0 Å². The summed E-state index contributed by atoms with van der Waals surface area (Å²) in [6, 6.07) is 3.52. The van der Waals surface area contributed by atoms with Crippen LogP contribution < -0.4 is 5.73 Å². The van der Waals surface area contributed by atoms with E-state index in [1.807, 2.05) is 19.9 Å². The second-order valence-electron chi connectivity index (χ2n) is 4.79. The molecule has 0 atom stereocenters. The van der Waals surface area contributed by atoms with Gasteiger partial charge in [-0.2, -0.15) is 4.31 Å². The summed E-state index contributed by atoms with van der Waals surface area (Å²) in [6.07, 6.45) is 5.99. The van der Waals surface area contributed by atoms with Gasteiger partial charge in [0, 0.05) is 13.1 Å². The topological polar surface area (TPSA) is 63.4 Å². The van der Waals surface area contributed by atoms with Crippen molar-refractivity contribution in [2.24, 2.45) is 5.73 Å². The molecule has 0 heterocycles. The molecule has 0 amide bonds. The van der Waals surface area contributed by atoms with Crippen molar-refractivity contribution in [3.05, 3.63) is 28.8 Å². The van der Waals surface area contributed by atoms with Crippen LogP contribution in [0.3, 0.4) is 0 Å². The van der Waals surface area contributed by atoms with E-state index in [1.165, 1.54) is 4.31 Å². The van der Waals surface area contributed by atoms with Crippen molar-refractivity contribution in [2.75, 3.05) is 13.1 Å². The van der Waals surface area contributed by atoms with Gasteiger partial charge in [-0.1, -0.05) is 18.9 Å². The molecular formula is C15H22N2O2S. The van der Waals surface area contributed by atoms with Crippen LogP contribution in [0.5, 0.6) is 0 Å². The maximum atomic E-state index is 12.7. The zero-order valence-electron chi connectivity index (χ0n) is 12.3. The Morgan fingerprint density at radius 2 is 1.95 bits per heavy atom. The van der Waals surface area contributed by atoms with Gasteiger partial charge < -0.3 is 5.73 Å². The third-order valence-electron chi connectivity index (χ3n) is 3.21. The summed E-state index contributed by atoms with van der Waals surface area (Å²) in [7, 11) is -3.57. The minimum Gasteiger partial charge on any atom is -0.326 e. The van der Waals surface area contributed by atoms with E-state index in [4.69, 9.17) is 12.2 Å². The highest BCUT2D eigenvalue weighted by molar-refractivity contribution is 7.89. The summed E-state index contributed by atoms with van der Waals surface area (Å²) < 4.78 is 26.7. The Kier molecular flexibility index (Phi) is 5.75. The number of sulfonamides is 1. The van der Waals surface area contributed by atoms with Crippen molar-refractivity contribution in [1.82, 2.24) is 4.31 Å². The summed E-state index contributed by atoms with van der Waals surface area (Å²) in [6.45, 7) is 6.46. The smallest absolute Gasteiger partial charge is 0.244 e. The molecule has 0 radical (unpaired) electrons. The molecule has 5 heteroatoms. The van der Waals surface area contributed by atoms with Crippen molar-refractivity contribution < 1.29 is 8.42 Å². The number of hydrogen-bond acceptors (Lipinski definition) is 3. The standard InChI is InChI=1S/C15H22N2O2S/c1-5-7-17(8-6-2)20(18,19)15-10-14(11-16)12(3)9-13(15)4/h1,9-10H,6-8,11,16H2,2-4H3. The van der Waals surface area contributed by atoms with Gasteiger partial charge in [-0.05, 0) is 43.0 Å². The highest BCUT2D eigenvalue weighted by Crippen LogP contribution is 2.23. The third kappa shape index (κ3) is 3.40. The van der Waals surface area contributed by atoms with Crippen LogP contribution in [0, 0.1) is 26.2 Å². The Hall–Kier alpha value is -1.35. The molecule has 1 aromatic rings. The molecule has 0 fully saturated rings. The molecule has 1 aromatic carbocycles. The number of nitrogens with two attached hydrogens (primary N) is 1. The first-order valence-corrected chi connectivity index (χ1v) is 8.06. The monoisotopic (exact) mass is 294 g/mol. The van der Waals surface area contributed by atoms with Crippen molar-refractivity contribution in [3.8, 4) is 12.3 Å². The van der Waals surface area contributed by atoms with Crippen LogP contribution >= 0.6 is 0 Å². The molecule has 0 aromatic heterocycles. The van der Waals surface area contributed by atoms with E-state index in [-0.39, 0.29) is 6.54 Å². The van der Waals surface area contributed by atoms with Crippen LogP contribution in [0.25, 0.3) is 0 Å². The van der Waals surface area contributed by atoms with Crippen LogP contribution in [0.2, 0.25) is 0 Å². The SMILES string of the molecule is C#CCN(CCC)S(=O)(=O)c1cc(CN)c(C)cc1C. The fraction of sp³-hybridized carbons (Fsp3) is 0.467. The molecule has 0 aliphatic heterocycles. The molecule has 1 rings (SSSR count). The van der Waals surface area contributed by atoms with Crippen LogP contribution in [-0.2, 0) is 16.6 Å². The van der Waals surface area contributed by atoms with Crippen molar-refractivity contribution in [1.29, 1.82) is 0 Å². The van der Waals surface area contributed by atoms with Gasteiger partial charge >= 0.3 is 0 Å². The number of nitrogens with zero attached hydrogens (tertiary/aromatic N) is 1. The van der Waals surface area contributed by atoms with Crippen molar-refractivity contribution in [3.63, 3.8) is 0 Å². The Labute approximate surface area is 122 Å². The first-order valence-electron chi connectivity index (χ1n) is 6.62. The fourth-order valence-corrected chi connectivity index (χ4v) is 3.85.